The topological polar surface area (TPSA) is 85.3 Å². The van der Waals surface area contributed by atoms with Crippen LogP contribution in [0.4, 0.5) is 0 Å². The number of aliphatic carboxylic acids is 1. The molecular weight excluding hydrogens is 256 g/mol. The molecule has 1 aromatic carbocycles. The maximum Gasteiger partial charge on any atom is 0.303 e. The summed E-state index contributed by atoms with van der Waals surface area (Å²) in [4.78, 5) is 22.1. The Hall–Kier alpha value is -2.01. The van der Waals surface area contributed by atoms with Gasteiger partial charge in [-0.25, -0.2) is 4.68 Å². The molecule has 6 heteroatoms. The third-order valence-electron chi connectivity index (χ3n) is 2.65. The lowest BCUT2D eigenvalue weighted by Gasteiger charge is -2.08. The summed E-state index contributed by atoms with van der Waals surface area (Å²) in [5.41, 5.74) is 0.999. The molecule has 0 bridgehead atoms. The summed E-state index contributed by atoms with van der Waals surface area (Å²) in [7, 11) is 0. The number of benzene rings is 1. The minimum Gasteiger partial charge on any atom is -0.481 e. The van der Waals surface area contributed by atoms with E-state index in [1.54, 1.807) is 12.1 Å². The number of pyridine rings is 1. The first-order chi connectivity index (χ1) is 8.09. The Morgan fingerprint density at radius 3 is 2.67 bits per heavy atom. The van der Waals surface area contributed by atoms with Crippen LogP contribution in [0.2, 0.25) is 0 Å². The van der Waals surface area contributed by atoms with Gasteiger partial charge in [0, 0.05) is 17.9 Å². The predicted molar refractivity (Wildman–Crippen MR) is 71.6 cm³/mol. The Morgan fingerprint density at radius 2 is 2.00 bits per heavy atom. The molecule has 18 heavy (non-hydrogen) atoms. The van der Waals surface area contributed by atoms with Gasteiger partial charge in [-0.1, -0.05) is 18.2 Å². The SMILES string of the molecule is Cl.Nn1c(=O)cc(CCC(=O)O)c2ccccc21. The molecule has 0 saturated carbocycles. The van der Waals surface area contributed by atoms with Crippen LogP contribution >= 0.6 is 12.4 Å². The number of rotatable bonds is 3. The molecule has 0 amide bonds. The van der Waals surface area contributed by atoms with Gasteiger partial charge in [0.25, 0.3) is 5.56 Å². The van der Waals surface area contributed by atoms with E-state index in [4.69, 9.17) is 10.9 Å². The van der Waals surface area contributed by atoms with Crippen molar-refractivity contribution < 1.29 is 9.90 Å². The van der Waals surface area contributed by atoms with Crippen molar-refractivity contribution in [2.75, 3.05) is 5.84 Å². The minimum absolute atomic E-state index is 0. The van der Waals surface area contributed by atoms with Crippen molar-refractivity contribution >= 4 is 29.3 Å². The number of nitrogen functional groups attached to an aromatic ring is 1. The smallest absolute Gasteiger partial charge is 0.303 e. The highest BCUT2D eigenvalue weighted by atomic mass is 35.5. The number of hydrogen-bond donors (Lipinski definition) is 2. The highest BCUT2D eigenvalue weighted by Gasteiger charge is 2.07. The van der Waals surface area contributed by atoms with Gasteiger partial charge in [-0.3, -0.25) is 9.59 Å². The van der Waals surface area contributed by atoms with Gasteiger partial charge in [0.15, 0.2) is 0 Å². The molecule has 0 aliphatic rings. The number of hydrogen-bond acceptors (Lipinski definition) is 3. The van der Waals surface area contributed by atoms with Crippen molar-refractivity contribution in [1.82, 2.24) is 4.68 Å². The summed E-state index contributed by atoms with van der Waals surface area (Å²) in [5, 5.41) is 9.48. The first-order valence-corrected chi connectivity index (χ1v) is 5.20. The van der Waals surface area contributed by atoms with E-state index in [2.05, 4.69) is 0 Å². The highest BCUT2D eigenvalue weighted by Crippen LogP contribution is 2.16. The fraction of sp³-hybridized carbons (Fsp3) is 0.167. The number of carboxylic acids is 1. The minimum atomic E-state index is -0.883. The standard InChI is InChI=1S/C12H12N2O3.ClH/c13-14-10-4-2-1-3-9(10)8(7-11(14)15)5-6-12(16)17;/h1-4,7H,5-6,13H2,(H,16,17);1H. The second kappa shape index (κ2) is 5.55. The van der Waals surface area contributed by atoms with Crippen LogP contribution in [0, 0.1) is 0 Å². The Bertz CT molecular complexity index is 637. The molecule has 0 atom stereocenters. The highest BCUT2D eigenvalue weighted by molar-refractivity contribution is 5.85. The number of fused-ring (bicyclic) bond motifs is 1. The number of para-hydroxylation sites is 1. The molecular formula is C12H13ClN2O3. The van der Waals surface area contributed by atoms with Crippen LogP contribution in [0.5, 0.6) is 0 Å². The molecule has 1 aromatic heterocycles. The normalized spacial score (nSPS) is 10.0. The lowest BCUT2D eigenvalue weighted by atomic mass is 10.0. The van der Waals surface area contributed by atoms with E-state index in [0.717, 1.165) is 15.6 Å². The largest absolute Gasteiger partial charge is 0.481 e. The molecule has 0 saturated heterocycles. The number of aromatic nitrogens is 1. The molecule has 0 aliphatic heterocycles. The number of nitrogens with two attached hydrogens (primary N) is 1. The summed E-state index contributed by atoms with van der Waals surface area (Å²) in [6, 6.07) is 8.57. The van der Waals surface area contributed by atoms with Crippen LogP contribution in [0.25, 0.3) is 10.9 Å². The monoisotopic (exact) mass is 268 g/mol. The van der Waals surface area contributed by atoms with Gasteiger partial charge < -0.3 is 10.9 Å². The van der Waals surface area contributed by atoms with Crippen molar-refractivity contribution in [3.8, 4) is 0 Å². The predicted octanol–water partition coefficient (Wildman–Crippen LogP) is 1.15. The second-order valence-corrected chi connectivity index (χ2v) is 3.79. The molecule has 1 heterocycles. The van der Waals surface area contributed by atoms with Crippen molar-refractivity contribution in [2.24, 2.45) is 0 Å². The summed E-state index contributed by atoms with van der Waals surface area (Å²) in [6.45, 7) is 0. The number of nitrogens with zero attached hydrogens (tertiary/aromatic N) is 1. The van der Waals surface area contributed by atoms with Crippen molar-refractivity contribution in [3.05, 3.63) is 46.2 Å². The van der Waals surface area contributed by atoms with E-state index in [9.17, 15) is 9.59 Å². The number of aryl methyl sites for hydroxylation is 1. The van der Waals surface area contributed by atoms with E-state index in [1.165, 1.54) is 6.07 Å². The molecule has 0 aliphatic carbocycles. The molecule has 3 N–H and O–H groups in total. The number of carboxylic acid groups (broad SMARTS) is 1. The fourth-order valence-electron chi connectivity index (χ4n) is 1.82. The summed E-state index contributed by atoms with van der Waals surface area (Å²) in [5.74, 6) is 4.75. The Balaban J connectivity index is 0.00000162. The zero-order valence-corrected chi connectivity index (χ0v) is 10.3. The maximum absolute atomic E-state index is 11.6. The van der Waals surface area contributed by atoms with E-state index < -0.39 is 5.97 Å². The second-order valence-electron chi connectivity index (χ2n) is 3.79. The first kappa shape index (κ1) is 14.1. The van der Waals surface area contributed by atoms with Gasteiger partial charge in [0.05, 0.1) is 5.52 Å². The Morgan fingerprint density at radius 1 is 1.33 bits per heavy atom. The fourth-order valence-corrected chi connectivity index (χ4v) is 1.82. The zero-order chi connectivity index (χ0) is 12.4. The summed E-state index contributed by atoms with van der Waals surface area (Å²) in [6.07, 6.45) is 0.323. The van der Waals surface area contributed by atoms with Gasteiger partial charge in [0.2, 0.25) is 0 Å². The third kappa shape index (κ3) is 2.62. The molecule has 0 radical (unpaired) electrons. The lowest BCUT2D eigenvalue weighted by molar-refractivity contribution is -0.136. The van der Waals surface area contributed by atoms with Crippen LogP contribution in [-0.4, -0.2) is 15.8 Å². The molecule has 2 rings (SSSR count). The van der Waals surface area contributed by atoms with Crippen LogP contribution in [0.3, 0.4) is 0 Å². The van der Waals surface area contributed by atoms with Gasteiger partial charge in [-0.05, 0) is 18.1 Å². The lowest BCUT2D eigenvalue weighted by Crippen LogP contribution is -2.27. The number of carbonyl (C=O) groups is 1. The molecule has 0 unspecified atom stereocenters. The van der Waals surface area contributed by atoms with E-state index in [-0.39, 0.29) is 24.4 Å². The molecule has 2 aromatic rings. The van der Waals surface area contributed by atoms with E-state index >= 15 is 0 Å². The average Bonchev–Trinajstić information content (AvgIpc) is 2.32. The molecule has 96 valence electrons. The van der Waals surface area contributed by atoms with Crippen LogP contribution < -0.4 is 11.4 Å². The molecule has 0 spiro atoms. The zero-order valence-electron chi connectivity index (χ0n) is 9.50. The average molecular weight is 269 g/mol. The third-order valence-corrected chi connectivity index (χ3v) is 2.65. The number of halogens is 1. The summed E-state index contributed by atoms with van der Waals surface area (Å²) >= 11 is 0. The van der Waals surface area contributed by atoms with Crippen LogP contribution in [-0.2, 0) is 11.2 Å². The Kier molecular flexibility index (Phi) is 4.33. The van der Waals surface area contributed by atoms with E-state index in [1.807, 2.05) is 12.1 Å². The van der Waals surface area contributed by atoms with Gasteiger partial charge in [0.1, 0.15) is 0 Å². The van der Waals surface area contributed by atoms with Crippen molar-refractivity contribution in [1.29, 1.82) is 0 Å². The quantitative estimate of drug-likeness (QED) is 0.818. The van der Waals surface area contributed by atoms with Crippen LogP contribution in [0.15, 0.2) is 35.1 Å². The van der Waals surface area contributed by atoms with Crippen LogP contribution in [0.1, 0.15) is 12.0 Å². The summed E-state index contributed by atoms with van der Waals surface area (Å²) < 4.78 is 1.07. The van der Waals surface area contributed by atoms with Crippen molar-refractivity contribution in [2.45, 2.75) is 12.8 Å². The van der Waals surface area contributed by atoms with Crippen molar-refractivity contribution in [3.63, 3.8) is 0 Å². The first-order valence-electron chi connectivity index (χ1n) is 5.20. The molecule has 0 fully saturated rings. The van der Waals surface area contributed by atoms with E-state index in [0.29, 0.717) is 11.9 Å². The van der Waals surface area contributed by atoms with Gasteiger partial charge in [-0.2, -0.15) is 0 Å². The Labute approximate surface area is 109 Å². The van der Waals surface area contributed by atoms with Gasteiger partial charge in [-0.15, -0.1) is 12.4 Å². The maximum atomic E-state index is 11.6. The van der Waals surface area contributed by atoms with Gasteiger partial charge >= 0.3 is 5.97 Å². The molecule has 5 nitrogen and oxygen atoms in total.